The number of phenols is 1. The van der Waals surface area contributed by atoms with Gasteiger partial charge >= 0.3 is 6.01 Å². The summed E-state index contributed by atoms with van der Waals surface area (Å²) in [5, 5.41) is 26.3. The van der Waals surface area contributed by atoms with Crippen molar-refractivity contribution in [2.24, 2.45) is 10.8 Å². The van der Waals surface area contributed by atoms with Gasteiger partial charge in [0.2, 0.25) is 0 Å². The van der Waals surface area contributed by atoms with Crippen LogP contribution in [-0.2, 0) is 11.2 Å². The molecule has 1 spiro atoms. The molecule has 2 unspecified atom stereocenters. The second kappa shape index (κ2) is 12.0. The van der Waals surface area contributed by atoms with Crippen LogP contribution in [0, 0.1) is 33.8 Å². The van der Waals surface area contributed by atoms with Crippen molar-refractivity contribution in [2.75, 3.05) is 57.4 Å². The summed E-state index contributed by atoms with van der Waals surface area (Å²) >= 11 is 0. The summed E-state index contributed by atoms with van der Waals surface area (Å²) in [7, 11) is 0. The lowest BCUT2D eigenvalue weighted by molar-refractivity contribution is -0.140. The van der Waals surface area contributed by atoms with Crippen molar-refractivity contribution in [3.05, 3.63) is 53.1 Å². The molecular formula is C39H42F2N6O3. The fourth-order valence-electron chi connectivity index (χ4n) is 8.94. The Morgan fingerprint density at radius 2 is 1.82 bits per heavy atom. The molecule has 5 aliphatic rings. The van der Waals surface area contributed by atoms with Gasteiger partial charge in [0.15, 0.2) is 5.82 Å². The number of aromatic nitrogens is 2. The minimum absolute atomic E-state index is 0.0166. The van der Waals surface area contributed by atoms with Gasteiger partial charge in [0, 0.05) is 53.5 Å². The summed E-state index contributed by atoms with van der Waals surface area (Å²) in [5.41, 5.74) is 1.14. The number of nitrogens with zero attached hydrogens (tertiary/aromatic N) is 5. The molecule has 1 aromatic heterocycles. The van der Waals surface area contributed by atoms with Crippen LogP contribution < -0.4 is 15.0 Å². The molecule has 3 aromatic carbocycles. The van der Waals surface area contributed by atoms with Gasteiger partial charge in [0.1, 0.15) is 22.9 Å². The van der Waals surface area contributed by atoms with E-state index >= 15 is 8.78 Å². The lowest BCUT2D eigenvalue weighted by atomic mass is 9.76. The molecule has 1 saturated carbocycles. The summed E-state index contributed by atoms with van der Waals surface area (Å²) in [5.74, 6) is -0.684. The van der Waals surface area contributed by atoms with Gasteiger partial charge in [0.05, 0.1) is 31.5 Å². The molecule has 0 amide bonds. The molecule has 1 aliphatic carbocycles. The Kier molecular flexibility index (Phi) is 7.64. The maximum atomic E-state index is 17.3. The van der Waals surface area contributed by atoms with Crippen LogP contribution in [-0.4, -0.2) is 84.6 Å². The highest BCUT2D eigenvalue weighted by atomic mass is 19.1. The van der Waals surface area contributed by atoms with Gasteiger partial charge in [-0.2, -0.15) is 15.2 Å². The SMILES string of the molecule is CCc1c(F)ccc2cc(O)cc(-c3c(C#N)cc4c(N5CC6CCC(C5)N6)nc(OCC5(CN6CCC7(CC6)COC7)CC5)nc4c3F)c12. The molecule has 11 heteroatoms. The van der Waals surface area contributed by atoms with E-state index < -0.39 is 11.6 Å². The second-order valence-electron chi connectivity index (χ2n) is 15.5. The van der Waals surface area contributed by atoms with E-state index in [2.05, 4.69) is 21.2 Å². The number of benzene rings is 3. The number of likely N-dealkylation sites (tertiary alicyclic amines) is 1. The predicted molar refractivity (Wildman–Crippen MR) is 186 cm³/mol. The molecule has 260 valence electrons. The molecule has 50 heavy (non-hydrogen) atoms. The van der Waals surface area contributed by atoms with E-state index in [0.29, 0.717) is 71.2 Å². The number of hydrogen-bond donors (Lipinski definition) is 2. The molecule has 2 N–H and O–H groups in total. The normalized spacial score (nSPS) is 23.7. The summed E-state index contributed by atoms with van der Waals surface area (Å²) in [6.45, 7) is 8.54. The molecule has 5 fully saturated rings. The number of fused-ring (bicyclic) bond motifs is 4. The van der Waals surface area contributed by atoms with Crippen LogP contribution in [0.1, 0.15) is 56.6 Å². The van der Waals surface area contributed by atoms with Crippen molar-refractivity contribution in [1.29, 1.82) is 5.26 Å². The lowest BCUT2D eigenvalue weighted by Crippen LogP contribution is -2.52. The summed E-state index contributed by atoms with van der Waals surface area (Å²) in [6, 6.07) is 10.4. The van der Waals surface area contributed by atoms with E-state index in [0.717, 1.165) is 58.5 Å². The Labute approximate surface area is 290 Å². The first kappa shape index (κ1) is 31.8. The number of phenolic OH excluding ortho intramolecular Hbond substituents is 1. The molecule has 0 radical (unpaired) electrons. The van der Waals surface area contributed by atoms with Crippen LogP contribution in [0.4, 0.5) is 14.6 Å². The molecule has 5 heterocycles. The van der Waals surface area contributed by atoms with E-state index in [1.54, 1.807) is 12.1 Å². The highest BCUT2D eigenvalue weighted by Gasteiger charge is 2.48. The Morgan fingerprint density at radius 1 is 1.06 bits per heavy atom. The molecular weight excluding hydrogens is 638 g/mol. The van der Waals surface area contributed by atoms with Crippen LogP contribution in [0.15, 0.2) is 30.3 Å². The zero-order valence-corrected chi connectivity index (χ0v) is 28.4. The average Bonchev–Trinajstić information content (AvgIpc) is 3.79. The number of piperazine rings is 1. The monoisotopic (exact) mass is 680 g/mol. The Hall–Kier alpha value is -4.11. The fraction of sp³-hybridized carbons (Fsp3) is 0.513. The number of aryl methyl sites for hydroxylation is 1. The average molecular weight is 681 g/mol. The quantitative estimate of drug-likeness (QED) is 0.229. The minimum atomic E-state index is -0.716. The van der Waals surface area contributed by atoms with Crippen LogP contribution in [0.25, 0.3) is 32.8 Å². The third-order valence-electron chi connectivity index (χ3n) is 12.1. The number of nitrogens with one attached hydrogen (secondary N) is 1. The smallest absolute Gasteiger partial charge is 0.319 e. The van der Waals surface area contributed by atoms with E-state index in [9.17, 15) is 10.4 Å². The molecule has 2 atom stereocenters. The van der Waals surface area contributed by atoms with Gasteiger partial charge in [-0.05, 0) is 104 Å². The summed E-state index contributed by atoms with van der Waals surface area (Å²) < 4.78 is 44.3. The van der Waals surface area contributed by atoms with Crippen molar-refractivity contribution in [1.82, 2.24) is 20.2 Å². The summed E-state index contributed by atoms with van der Waals surface area (Å²) in [6.07, 6.45) is 6.92. The number of halogens is 2. The third-order valence-corrected chi connectivity index (χ3v) is 12.1. The van der Waals surface area contributed by atoms with Crippen molar-refractivity contribution >= 4 is 27.5 Å². The van der Waals surface area contributed by atoms with Gasteiger partial charge in [-0.15, -0.1) is 0 Å². The van der Waals surface area contributed by atoms with Gasteiger partial charge in [0.25, 0.3) is 0 Å². The Balaban J connectivity index is 1.12. The number of anilines is 1. The first-order chi connectivity index (χ1) is 24.3. The van der Waals surface area contributed by atoms with Gasteiger partial charge in [-0.25, -0.2) is 8.78 Å². The summed E-state index contributed by atoms with van der Waals surface area (Å²) in [4.78, 5) is 14.3. The Morgan fingerprint density at radius 3 is 2.48 bits per heavy atom. The number of hydrogen-bond acceptors (Lipinski definition) is 9. The van der Waals surface area contributed by atoms with Crippen molar-refractivity contribution < 1.29 is 23.4 Å². The number of piperidine rings is 1. The zero-order chi connectivity index (χ0) is 34.2. The third kappa shape index (κ3) is 5.43. The predicted octanol–water partition coefficient (Wildman–Crippen LogP) is 6.08. The van der Waals surface area contributed by atoms with Crippen molar-refractivity contribution in [2.45, 2.75) is 64.0 Å². The first-order valence-corrected chi connectivity index (χ1v) is 18.1. The molecule has 9 rings (SSSR count). The molecule has 4 aliphatic heterocycles. The highest BCUT2D eigenvalue weighted by molar-refractivity contribution is 6.04. The standard InChI is InChI=1S/C39H42F2N6O3/c1-2-28-31(40)6-3-23-13-27(48)15-29(32(23)28)33-24(16-42)14-30-35(34(33)41)44-37(45-36(30)47-17-25-4-5-26(18-47)43-25)50-22-38(7-8-38)19-46-11-9-39(10-12-46)20-49-21-39/h3,6,13-15,25-26,43,48H,2,4-5,7-12,17-22H2,1H3. The van der Waals surface area contributed by atoms with Crippen LogP contribution >= 0.6 is 0 Å². The van der Waals surface area contributed by atoms with Crippen molar-refractivity contribution in [3.63, 3.8) is 0 Å². The largest absolute Gasteiger partial charge is 0.508 e. The van der Waals surface area contributed by atoms with E-state index in [1.165, 1.54) is 31.0 Å². The van der Waals surface area contributed by atoms with Gasteiger partial charge < -0.3 is 29.7 Å². The molecule has 4 saturated heterocycles. The number of aromatic hydroxyl groups is 1. The highest BCUT2D eigenvalue weighted by Crippen LogP contribution is 2.48. The van der Waals surface area contributed by atoms with E-state index in [-0.39, 0.29) is 39.4 Å². The van der Waals surface area contributed by atoms with Gasteiger partial charge in [-0.3, -0.25) is 0 Å². The van der Waals surface area contributed by atoms with Crippen molar-refractivity contribution in [3.8, 4) is 29.0 Å². The number of ether oxygens (including phenoxy) is 2. The Bertz CT molecular complexity index is 2040. The topological polar surface area (TPSA) is 107 Å². The van der Waals surface area contributed by atoms with Crippen LogP contribution in [0.2, 0.25) is 0 Å². The molecule has 4 aromatic rings. The van der Waals surface area contributed by atoms with E-state index in [4.69, 9.17) is 19.4 Å². The maximum Gasteiger partial charge on any atom is 0.319 e. The lowest BCUT2D eigenvalue weighted by Gasteiger charge is -2.47. The minimum Gasteiger partial charge on any atom is -0.508 e. The maximum absolute atomic E-state index is 17.3. The second-order valence-corrected chi connectivity index (χ2v) is 15.5. The molecule has 9 nitrogen and oxygen atoms in total. The molecule has 2 bridgehead atoms. The van der Waals surface area contributed by atoms with E-state index in [1.807, 2.05) is 6.92 Å². The van der Waals surface area contributed by atoms with Crippen LogP contribution in [0.3, 0.4) is 0 Å². The van der Waals surface area contributed by atoms with Crippen LogP contribution in [0.5, 0.6) is 11.8 Å². The number of nitriles is 1. The number of rotatable bonds is 8. The first-order valence-electron chi connectivity index (χ1n) is 18.1. The zero-order valence-electron chi connectivity index (χ0n) is 28.4. The van der Waals surface area contributed by atoms with Gasteiger partial charge in [-0.1, -0.05) is 13.0 Å². The fourth-order valence-corrected chi connectivity index (χ4v) is 8.94.